The SMILES string of the molecule is COc1ccc(CCNC(=O)Cc2sc(C)nc2-c2ccc(C)cc2)cc1OC. The van der Waals surface area contributed by atoms with E-state index in [9.17, 15) is 4.79 Å². The molecule has 1 amide bonds. The number of carbonyl (C=O) groups excluding carboxylic acids is 1. The molecule has 1 heterocycles. The van der Waals surface area contributed by atoms with Crippen LogP contribution in [0.15, 0.2) is 42.5 Å². The fraction of sp³-hybridized carbons (Fsp3) is 0.304. The van der Waals surface area contributed by atoms with Crippen molar-refractivity contribution in [2.45, 2.75) is 26.7 Å². The molecule has 0 spiro atoms. The molecule has 0 radical (unpaired) electrons. The fourth-order valence-electron chi connectivity index (χ4n) is 3.12. The summed E-state index contributed by atoms with van der Waals surface area (Å²) in [6.45, 7) is 4.59. The first-order valence-electron chi connectivity index (χ1n) is 9.51. The average molecular weight is 411 g/mol. The number of nitrogens with one attached hydrogen (secondary N) is 1. The van der Waals surface area contributed by atoms with Crippen LogP contribution in [0.2, 0.25) is 0 Å². The molecule has 0 aliphatic heterocycles. The number of aromatic nitrogens is 1. The minimum atomic E-state index is 0.00230. The maximum absolute atomic E-state index is 12.5. The molecule has 0 saturated heterocycles. The monoisotopic (exact) mass is 410 g/mol. The molecule has 0 atom stereocenters. The van der Waals surface area contributed by atoms with E-state index in [1.165, 1.54) is 5.56 Å². The topological polar surface area (TPSA) is 60.5 Å². The maximum atomic E-state index is 12.5. The molecule has 3 rings (SSSR count). The van der Waals surface area contributed by atoms with Crippen LogP contribution in [0.3, 0.4) is 0 Å². The molecule has 3 aromatic rings. The van der Waals surface area contributed by atoms with Crippen LogP contribution < -0.4 is 14.8 Å². The Morgan fingerprint density at radius 3 is 2.45 bits per heavy atom. The third-order valence-electron chi connectivity index (χ3n) is 4.63. The first kappa shape index (κ1) is 20.9. The van der Waals surface area contributed by atoms with E-state index in [1.807, 2.05) is 25.1 Å². The Morgan fingerprint density at radius 2 is 1.76 bits per heavy atom. The van der Waals surface area contributed by atoms with Gasteiger partial charge in [-0.25, -0.2) is 4.98 Å². The second kappa shape index (κ2) is 9.56. The molecule has 0 saturated carbocycles. The lowest BCUT2D eigenvalue weighted by atomic mass is 10.1. The van der Waals surface area contributed by atoms with Gasteiger partial charge < -0.3 is 14.8 Å². The molecule has 5 nitrogen and oxygen atoms in total. The molecule has 1 N–H and O–H groups in total. The van der Waals surface area contributed by atoms with Crippen LogP contribution in [0.25, 0.3) is 11.3 Å². The Labute approximate surface area is 175 Å². The van der Waals surface area contributed by atoms with Crippen LogP contribution in [0.1, 0.15) is 21.0 Å². The van der Waals surface area contributed by atoms with Gasteiger partial charge in [0.2, 0.25) is 5.91 Å². The number of benzene rings is 2. The largest absolute Gasteiger partial charge is 0.493 e. The predicted octanol–water partition coefficient (Wildman–Crippen LogP) is 4.35. The van der Waals surface area contributed by atoms with Crippen LogP contribution in [-0.4, -0.2) is 31.7 Å². The number of amides is 1. The Balaban J connectivity index is 1.60. The van der Waals surface area contributed by atoms with Crippen LogP contribution in [0, 0.1) is 13.8 Å². The van der Waals surface area contributed by atoms with Crippen molar-refractivity contribution < 1.29 is 14.3 Å². The molecule has 152 valence electrons. The van der Waals surface area contributed by atoms with Gasteiger partial charge >= 0.3 is 0 Å². The van der Waals surface area contributed by atoms with Crippen molar-refractivity contribution in [2.24, 2.45) is 0 Å². The second-order valence-electron chi connectivity index (χ2n) is 6.84. The number of thiazole rings is 1. The lowest BCUT2D eigenvalue weighted by Crippen LogP contribution is -2.27. The summed E-state index contributed by atoms with van der Waals surface area (Å²) < 4.78 is 10.6. The normalized spacial score (nSPS) is 10.6. The Kier molecular flexibility index (Phi) is 6.88. The van der Waals surface area contributed by atoms with E-state index in [0.29, 0.717) is 24.5 Å². The van der Waals surface area contributed by atoms with Crippen molar-refractivity contribution in [2.75, 3.05) is 20.8 Å². The molecule has 1 aromatic heterocycles. The van der Waals surface area contributed by atoms with Gasteiger partial charge in [0.05, 0.1) is 31.3 Å². The number of nitrogens with zero attached hydrogens (tertiary/aromatic N) is 1. The highest BCUT2D eigenvalue weighted by atomic mass is 32.1. The number of ether oxygens (including phenoxy) is 2. The predicted molar refractivity (Wildman–Crippen MR) is 117 cm³/mol. The number of hydrogen-bond donors (Lipinski definition) is 1. The van der Waals surface area contributed by atoms with E-state index in [0.717, 1.165) is 33.1 Å². The first-order valence-corrected chi connectivity index (χ1v) is 10.3. The van der Waals surface area contributed by atoms with Crippen molar-refractivity contribution in [1.29, 1.82) is 0 Å². The number of hydrogen-bond acceptors (Lipinski definition) is 5. The lowest BCUT2D eigenvalue weighted by Gasteiger charge is -2.10. The van der Waals surface area contributed by atoms with E-state index >= 15 is 0 Å². The molecular formula is C23H26N2O3S. The lowest BCUT2D eigenvalue weighted by molar-refractivity contribution is -0.120. The van der Waals surface area contributed by atoms with Gasteiger partial charge in [-0.1, -0.05) is 35.9 Å². The molecule has 0 aliphatic carbocycles. The summed E-state index contributed by atoms with van der Waals surface area (Å²) in [7, 11) is 3.23. The third-order valence-corrected chi connectivity index (χ3v) is 5.60. The van der Waals surface area contributed by atoms with E-state index in [4.69, 9.17) is 9.47 Å². The molecule has 2 aromatic carbocycles. The molecule has 29 heavy (non-hydrogen) atoms. The van der Waals surface area contributed by atoms with Gasteiger partial charge in [0.15, 0.2) is 11.5 Å². The van der Waals surface area contributed by atoms with Gasteiger partial charge in [-0.2, -0.15) is 0 Å². The van der Waals surface area contributed by atoms with Crippen molar-refractivity contribution in [1.82, 2.24) is 10.3 Å². The van der Waals surface area contributed by atoms with Gasteiger partial charge in [-0.15, -0.1) is 11.3 Å². The Hall–Kier alpha value is -2.86. The Morgan fingerprint density at radius 1 is 1.03 bits per heavy atom. The number of carbonyl (C=O) groups is 1. The minimum absolute atomic E-state index is 0.00230. The van der Waals surface area contributed by atoms with Gasteiger partial charge in [-0.05, 0) is 38.0 Å². The van der Waals surface area contributed by atoms with Gasteiger partial charge in [0, 0.05) is 17.0 Å². The average Bonchev–Trinajstić information content (AvgIpc) is 3.08. The zero-order chi connectivity index (χ0) is 20.8. The summed E-state index contributed by atoms with van der Waals surface area (Å²) >= 11 is 1.58. The van der Waals surface area contributed by atoms with E-state index in [-0.39, 0.29) is 5.91 Å². The van der Waals surface area contributed by atoms with Gasteiger partial charge in [-0.3, -0.25) is 4.79 Å². The zero-order valence-electron chi connectivity index (χ0n) is 17.2. The maximum Gasteiger partial charge on any atom is 0.225 e. The summed E-state index contributed by atoms with van der Waals surface area (Å²) in [6, 6.07) is 14.0. The van der Waals surface area contributed by atoms with Crippen molar-refractivity contribution >= 4 is 17.2 Å². The van der Waals surface area contributed by atoms with Gasteiger partial charge in [0.25, 0.3) is 0 Å². The molecular weight excluding hydrogens is 384 g/mol. The smallest absolute Gasteiger partial charge is 0.225 e. The molecule has 0 bridgehead atoms. The van der Waals surface area contributed by atoms with E-state index in [1.54, 1.807) is 25.6 Å². The highest BCUT2D eigenvalue weighted by Crippen LogP contribution is 2.29. The number of rotatable bonds is 8. The van der Waals surface area contributed by atoms with Gasteiger partial charge in [0.1, 0.15) is 0 Å². The summed E-state index contributed by atoms with van der Waals surface area (Å²) in [4.78, 5) is 18.1. The Bertz CT molecular complexity index is 980. The van der Waals surface area contributed by atoms with E-state index < -0.39 is 0 Å². The summed E-state index contributed by atoms with van der Waals surface area (Å²) in [6.07, 6.45) is 1.05. The second-order valence-corrected chi connectivity index (χ2v) is 8.12. The van der Waals surface area contributed by atoms with Crippen molar-refractivity contribution in [3.05, 3.63) is 63.5 Å². The third kappa shape index (κ3) is 5.35. The highest BCUT2D eigenvalue weighted by Gasteiger charge is 2.15. The molecule has 0 aliphatic rings. The van der Waals surface area contributed by atoms with E-state index in [2.05, 4.69) is 41.5 Å². The highest BCUT2D eigenvalue weighted by molar-refractivity contribution is 7.12. The van der Waals surface area contributed by atoms with Crippen LogP contribution in [-0.2, 0) is 17.6 Å². The minimum Gasteiger partial charge on any atom is -0.493 e. The summed E-state index contributed by atoms with van der Waals surface area (Å²) in [5.41, 5.74) is 4.24. The number of methoxy groups -OCH3 is 2. The summed E-state index contributed by atoms with van der Waals surface area (Å²) in [5, 5.41) is 3.98. The van der Waals surface area contributed by atoms with Crippen LogP contribution in [0.4, 0.5) is 0 Å². The van der Waals surface area contributed by atoms with Crippen LogP contribution in [0.5, 0.6) is 11.5 Å². The first-order chi connectivity index (χ1) is 14.0. The molecule has 0 unspecified atom stereocenters. The fourth-order valence-corrected chi connectivity index (χ4v) is 4.07. The quantitative estimate of drug-likeness (QED) is 0.600. The number of aryl methyl sites for hydroxylation is 2. The van der Waals surface area contributed by atoms with Crippen LogP contribution >= 0.6 is 11.3 Å². The molecule has 0 fully saturated rings. The zero-order valence-corrected chi connectivity index (χ0v) is 18.1. The van der Waals surface area contributed by atoms with Crippen molar-refractivity contribution in [3.8, 4) is 22.8 Å². The summed E-state index contributed by atoms with van der Waals surface area (Å²) in [5.74, 6) is 1.39. The van der Waals surface area contributed by atoms with Crippen molar-refractivity contribution in [3.63, 3.8) is 0 Å². The molecule has 6 heteroatoms. The standard InChI is InChI=1S/C23H26N2O3S/c1-15-5-8-18(9-6-15)23-21(29-16(2)25-23)14-22(26)24-12-11-17-7-10-19(27-3)20(13-17)28-4/h5-10,13H,11-12,14H2,1-4H3,(H,24,26).